The predicted molar refractivity (Wildman–Crippen MR) is 72.1 cm³/mol. The molecule has 0 saturated heterocycles. The third kappa shape index (κ3) is 3.76. The topological polar surface area (TPSA) is 79.3 Å². The van der Waals surface area contributed by atoms with E-state index in [4.69, 9.17) is 5.11 Å². The van der Waals surface area contributed by atoms with Gasteiger partial charge in [-0.25, -0.2) is 4.98 Å². The summed E-state index contributed by atoms with van der Waals surface area (Å²) in [5.74, 6) is -1.14. The summed E-state index contributed by atoms with van der Waals surface area (Å²) in [4.78, 5) is 27.0. The first-order valence-corrected chi connectivity index (χ1v) is 7.42. The van der Waals surface area contributed by atoms with E-state index in [-0.39, 0.29) is 24.3 Å². The van der Waals surface area contributed by atoms with Crippen LogP contribution in [0.2, 0.25) is 0 Å². The molecule has 0 aliphatic heterocycles. The number of amides is 1. The molecule has 1 heterocycles. The number of carbonyl (C=O) groups is 2. The molecule has 19 heavy (non-hydrogen) atoms. The number of thiazole rings is 1. The lowest BCUT2D eigenvalue weighted by molar-refractivity contribution is -0.141. The lowest BCUT2D eigenvalue weighted by Gasteiger charge is -2.11. The summed E-state index contributed by atoms with van der Waals surface area (Å²) in [6, 6.07) is -0.00196. The predicted octanol–water partition coefficient (Wildman–Crippen LogP) is 1.62. The van der Waals surface area contributed by atoms with Gasteiger partial charge in [-0.3, -0.25) is 9.59 Å². The molecule has 1 amide bonds. The van der Waals surface area contributed by atoms with Crippen molar-refractivity contribution in [3.8, 4) is 0 Å². The largest absolute Gasteiger partial charge is 0.481 e. The van der Waals surface area contributed by atoms with E-state index in [2.05, 4.69) is 10.3 Å². The van der Waals surface area contributed by atoms with Crippen LogP contribution in [-0.4, -0.2) is 28.0 Å². The summed E-state index contributed by atoms with van der Waals surface area (Å²) in [6.45, 7) is 2.03. The number of carbonyl (C=O) groups excluding carboxylic acids is 1. The standard InChI is InChI=1S/C13H18N2O3S/c1-2-12-15-10(7-19-12)6-11(16)14-9-4-3-8(5-9)13(17)18/h7-9H,2-6H2,1H3,(H,14,16)(H,17,18)/t8-,9+/m1/s1. The minimum absolute atomic E-state index is 0.00196. The Bertz CT molecular complexity index is 472. The number of aromatic nitrogens is 1. The molecule has 1 saturated carbocycles. The Labute approximate surface area is 116 Å². The summed E-state index contributed by atoms with van der Waals surface area (Å²) in [7, 11) is 0. The normalized spacial score (nSPS) is 22.4. The molecular formula is C13H18N2O3S. The molecule has 0 aromatic carbocycles. The second-order valence-electron chi connectivity index (χ2n) is 4.88. The number of aryl methyl sites for hydroxylation is 1. The lowest BCUT2D eigenvalue weighted by atomic mass is 10.1. The van der Waals surface area contributed by atoms with Gasteiger partial charge in [-0.2, -0.15) is 0 Å². The zero-order valence-corrected chi connectivity index (χ0v) is 11.7. The first kappa shape index (κ1) is 14.0. The maximum Gasteiger partial charge on any atom is 0.306 e. The molecule has 0 spiro atoms. The Morgan fingerprint density at radius 1 is 1.53 bits per heavy atom. The van der Waals surface area contributed by atoms with E-state index in [1.165, 1.54) is 0 Å². The van der Waals surface area contributed by atoms with Crippen molar-refractivity contribution in [3.63, 3.8) is 0 Å². The molecule has 0 unspecified atom stereocenters. The fraction of sp³-hybridized carbons (Fsp3) is 0.615. The van der Waals surface area contributed by atoms with Gasteiger partial charge < -0.3 is 10.4 Å². The lowest BCUT2D eigenvalue weighted by Crippen LogP contribution is -2.34. The van der Waals surface area contributed by atoms with Crippen LogP contribution in [0.3, 0.4) is 0 Å². The third-order valence-electron chi connectivity index (χ3n) is 3.39. The highest BCUT2D eigenvalue weighted by atomic mass is 32.1. The van der Waals surface area contributed by atoms with Crippen LogP contribution < -0.4 is 5.32 Å². The Kier molecular flexibility index (Phi) is 4.52. The van der Waals surface area contributed by atoms with Gasteiger partial charge in [0.15, 0.2) is 0 Å². The second-order valence-corrected chi connectivity index (χ2v) is 5.82. The van der Waals surface area contributed by atoms with E-state index in [0.29, 0.717) is 12.8 Å². The number of aliphatic carboxylic acids is 1. The average Bonchev–Trinajstić information content (AvgIpc) is 2.98. The Hall–Kier alpha value is -1.43. The van der Waals surface area contributed by atoms with Crippen molar-refractivity contribution in [2.45, 2.75) is 45.1 Å². The number of hydrogen-bond donors (Lipinski definition) is 2. The van der Waals surface area contributed by atoms with Crippen molar-refractivity contribution in [1.29, 1.82) is 0 Å². The van der Waals surface area contributed by atoms with Crippen molar-refractivity contribution in [2.24, 2.45) is 5.92 Å². The molecule has 1 aliphatic carbocycles. The van der Waals surface area contributed by atoms with E-state index < -0.39 is 5.97 Å². The van der Waals surface area contributed by atoms with E-state index >= 15 is 0 Å². The molecular weight excluding hydrogens is 264 g/mol. The molecule has 1 aromatic heterocycles. The number of hydrogen-bond acceptors (Lipinski definition) is 4. The summed E-state index contributed by atoms with van der Waals surface area (Å²) < 4.78 is 0. The molecule has 2 rings (SSSR count). The second kappa shape index (κ2) is 6.14. The van der Waals surface area contributed by atoms with Crippen molar-refractivity contribution in [3.05, 3.63) is 16.1 Å². The zero-order chi connectivity index (χ0) is 13.8. The summed E-state index contributed by atoms with van der Waals surface area (Å²) in [5.41, 5.74) is 0.798. The molecule has 2 N–H and O–H groups in total. The SMILES string of the molecule is CCc1nc(CC(=O)N[C@H]2CC[C@@H](C(=O)O)C2)cs1. The molecule has 1 aliphatic rings. The van der Waals surface area contributed by atoms with Crippen molar-refractivity contribution < 1.29 is 14.7 Å². The van der Waals surface area contributed by atoms with Gasteiger partial charge in [0.25, 0.3) is 0 Å². The van der Waals surface area contributed by atoms with Crippen molar-refractivity contribution >= 4 is 23.2 Å². The highest BCUT2D eigenvalue weighted by Gasteiger charge is 2.30. The summed E-state index contributed by atoms with van der Waals surface area (Å²) in [5, 5.41) is 14.8. The van der Waals surface area contributed by atoms with Gasteiger partial charge >= 0.3 is 5.97 Å². The van der Waals surface area contributed by atoms with Crippen LogP contribution in [0.1, 0.15) is 36.9 Å². The van der Waals surface area contributed by atoms with Gasteiger partial charge in [-0.1, -0.05) is 6.92 Å². The van der Waals surface area contributed by atoms with E-state index in [0.717, 1.165) is 23.5 Å². The quantitative estimate of drug-likeness (QED) is 0.860. The van der Waals surface area contributed by atoms with Crippen molar-refractivity contribution in [1.82, 2.24) is 10.3 Å². The number of nitrogens with zero attached hydrogens (tertiary/aromatic N) is 1. The first-order valence-electron chi connectivity index (χ1n) is 6.54. The minimum atomic E-state index is -0.760. The van der Waals surface area contributed by atoms with E-state index in [1.54, 1.807) is 11.3 Å². The van der Waals surface area contributed by atoms with Crippen LogP contribution in [-0.2, 0) is 22.4 Å². The van der Waals surface area contributed by atoms with Crippen LogP contribution in [0.15, 0.2) is 5.38 Å². The van der Waals surface area contributed by atoms with E-state index in [9.17, 15) is 9.59 Å². The summed E-state index contributed by atoms with van der Waals surface area (Å²) in [6.07, 6.45) is 3.11. The molecule has 1 aromatic rings. The van der Waals surface area contributed by atoms with Gasteiger partial charge in [-0.15, -0.1) is 11.3 Å². The van der Waals surface area contributed by atoms with Crippen LogP contribution in [0, 0.1) is 5.92 Å². The van der Waals surface area contributed by atoms with Gasteiger partial charge in [0, 0.05) is 11.4 Å². The van der Waals surface area contributed by atoms with E-state index in [1.807, 2.05) is 12.3 Å². The first-order chi connectivity index (χ1) is 9.08. The maximum absolute atomic E-state index is 11.8. The zero-order valence-electron chi connectivity index (χ0n) is 10.9. The Morgan fingerprint density at radius 3 is 2.89 bits per heavy atom. The molecule has 5 nitrogen and oxygen atoms in total. The number of carboxylic acids is 1. The Balaban J connectivity index is 1.80. The van der Waals surface area contributed by atoms with Gasteiger partial charge in [-0.05, 0) is 25.7 Å². The number of nitrogens with one attached hydrogen (secondary N) is 1. The number of rotatable bonds is 5. The smallest absolute Gasteiger partial charge is 0.306 e. The monoisotopic (exact) mass is 282 g/mol. The van der Waals surface area contributed by atoms with Crippen LogP contribution in [0.4, 0.5) is 0 Å². The van der Waals surface area contributed by atoms with Gasteiger partial charge in [0.1, 0.15) is 0 Å². The molecule has 1 fully saturated rings. The van der Waals surface area contributed by atoms with Gasteiger partial charge in [0.2, 0.25) is 5.91 Å². The minimum Gasteiger partial charge on any atom is -0.481 e. The van der Waals surface area contributed by atoms with Gasteiger partial charge in [0.05, 0.1) is 23.0 Å². The van der Waals surface area contributed by atoms with Crippen LogP contribution in [0.5, 0.6) is 0 Å². The average molecular weight is 282 g/mol. The van der Waals surface area contributed by atoms with Crippen LogP contribution >= 0.6 is 11.3 Å². The fourth-order valence-corrected chi connectivity index (χ4v) is 3.12. The maximum atomic E-state index is 11.8. The molecule has 0 radical (unpaired) electrons. The molecule has 0 bridgehead atoms. The molecule has 2 atom stereocenters. The highest BCUT2D eigenvalue weighted by molar-refractivity contribution is 7.09. The Morgan fingerprint density at radius 2 is 2.32 bits per heavy atom. The highest BCUT2D eigenvalue weighted by Crippen LogP contribution is 2.25. The summed E-state index contributed by atoms with van der Waals surface area (Å²) >= 11 is 1.57. The third-order valence-corrected chi connectivity index (χ3v) is 4.43. The van der Waals surface area contributed by atoms with Crippen molar-refractivity contribution in [2.75, 3.05) is 0 Å². The molecule has 104 valence electrons. The molecule has 6 heteroatoms. The number of carboxylic acid groups (broad SMARTS) is 1. The fourth-order valence-electron chi connectivity index (χ4n) is 2.37. The van der Waals surface area contributed by atoms with Crippen LogP contribution in [0.25, 0.3) is 0 Å².